The minimum absolute atomic E-state index is 0.0398. The second kappa shape index (κ2) is 6.56. The number of hydrogen-bond donors (Lipinski definition) is 3. The summed E-state index contributed by atoms with van der Waals surface area (Å²) in [7, 11) is 1.46. The molecule has 1 aromatic rings. The van der Waals surface area contributed by atoms with Crippen LogP contribution in [0.3, 0.4) is 0 Å². The number of anilines is 1. The SMILES string of the molecule is COc1ccc(F)cc1NC(=O)NC1CCC(O)CC1. The molecule has 2 amide bonds. The van der Waals surface area contributed by atoms with Crippen molar-refractivity contribution in [1.29, 1.82) is 0 Å². The first kappa shape index (κ1) is 14.6. The number of amides is 2. The lowest BCUT2D eigenvalue weighted by atomic mass is 9.93. The zero-order valence-electron chi connectivity index (χ0n) is 11.4. The van der Waals surface area contributed by atoms with Gasteiger partial charge in [-0.05, 0) is 37.8 Å². The molecule has 0 heterocycles. The van der Waals surface area contributed by atoms with Gasteiger partial charge in [0.2, 0.25) is 0 Å². The first-order valence-corrected chi connectivity index (χ1v) is 6.67. The fourth-order valence-corrected chi connectivity index (χ4v) is 2.34. The van der Waals surface area contributed by atoms with Crippen LogP contribution in [0, 0.1) is 5.82 Å². The van der Waals surface area contributed by atoms with Gasteiger partial charge >= 0.3 is 6.03 Å². The van der Waals surface area contributed by atoms with Crippen molar-refractivity contribution in [2.75, 3.05) is 12.4 Å². The van der Waals surface area contributed by atoms with Gasteiger partial charge in [0.05, 0.1) is 18.9 Å². The lowest BCUT2D eigenvalue weighted by molar-refractivity contribution is 0.118. The molecule has 0 atom stereocenters. The number of rotatable bonds is 3. The van der Waals surface area contributed by atoms with Crippen LogP contribution in [0.25, 0.3) is 0 Å². The Morgan fingerprint density at radius 2 is 2.05 bits per heavy atom. The van der Waals surface area contributed by atoms with E-state index in [1.54, 1.807) is 0 Å². The number of aliphatic hydroxyl groups is 1. The van der Waals surface area contributed by atoms with Crippen molar-refractivity contribution < 1.29 is 19.0 Å². The van der Waals surface area contributed by atoms with Crippen LogP contribution in [0.5, 0.6) is 5.75 Å². The molecule has 0 spiro atoms. The third-order valence-electron chi connectivity index (χ3n) is 3.44. The van der Waals surface area contributed by atoms with E-state index in [4.69, 9.17) is 4.74 Å². The lowest BCUT2D eigenvalue weighted by Gasteiger charge is -2.26. The number of benzene rings is 1. The smallest absolute Gasteiger partial charge is 0.319 e. The maximum Gasteiger partial charge on any atom is 0.319 e. The highest BCUT2D eigenvalue weighted by atomic mass is 19.1. The molecule has 0 aromatic heterocycles. The van der Waals surface area contributed by atoms with Crippen LogP contribution in [0.15, 0.2) is 18.2 Å². The molecular formula is C14H19FN2O3. The van der Waals surface area contributed by atoms with Gasteiger partial charge < -0.3 is 20.5 Å². The molecule has 2 rings (SSSR count). The van der Waals surface area contributed by atoms with E-state index in [1.165, 1.54) is 25.3 Å². The van der Waals surface area contributed by atoms with Gasteiger partial charge in [0.25, 0.3) is 0 Å². The summed E-state index contributed by atoms with van der Waals surface area (Å²) < 4.78 is 18.2. The van der Waals surface area contributed by atoms with Gasteiger partial charge in [-0.15, -0.1) is 0 Å². The number of methoxy groups -OCH3 is 1. The van der Waals surface area contributed by atoms with Crippen molar-refractivity contribution in [3.05, 3.63) is 24.0 Å². The van der Waals surface area contributed by atoms with Crippen LogP contribution >= 0.6 is 0 Å². The fraction of sp³-hybridized carbons (Fsp3) is 0.500. The molecule has 0 radical (unpaired) electrons. The zero-order valence-corrected chi connectivity index (χ0v) is 11.4. The molecule has 0 bridgehead atoms. The van der Waals surface area contributed by atoms with Crippen LogP contribution in [0.1, 0.15) is 25.7 Å². The molecule has 110 valence electrons. The molecule has 20 heavy (non-hydrogen) atoms. The molecule has 1 aliphatic carbocycles. The van der Waals surface area contributed by atoms with E-state index in [-0.39, 0.29) is 12.1 Å². The Bertz CT molecular complexity index is 473. The van der Waals surface area contributed by atoms with Gasteiger partial charge in [-0.1, -0.05) is 0 Å². The Labute approximate surface area is 117 Å². The third-order valence-corrected chi connectivity index (χ3v) is 3.44. The summed E-state index contributed by atoms with van der Waals surface area (Å²) in [6.07, 6.45) is 2.60. The maximum atomic E-state index is 13.2. The van der Waals surface area contributed by atoms with Gasteiger partial charge in [0.15, 0.2) is 0 Å². The summed E-state index contributed by atoms with van der Waals surface area (Å²) in [5.74, 6) is -0.0393. The zero-order chi connectivity index (χ0) is 14.5. The molecule has 0 unspecified atom stereocenters. The van der Waals surface area contributed by atoms with E-state index in [2.05, 4.69) is 10.6 Å². The van der Waals surface area contributed by atoms with Crippen LogP contribution in [0.4, 0.5) is 14.9 Å². The van der Waals surface area contributed by atoms with E-state index in [9.17, 15) is 14.3 Å². The Morgan fingerprint density at radius 1 is 1.35 bits per heavy atom. The molecule has 3 N–H and O–H groups in total. The summed E-state index contributed by atoms with van der Waals surface area (Å²) >= 11 is 0. The topological polar surface area (TPSA) is 70.6 Å². The minimum Gasteiger partial charge on any atom is -0.495 e. The van der Waals surface area contributed by atoms with E-state index in [0.717, 1.165) is 12.8 Å². The van der Waals surface area contributed by atoms with Crippen LogP contribution < -0.4 is 15.4 Å². The number of halogens is 1. The average molecular weight is 282 g/mol. The van der Waals surface area contributed by atoms with Crippen molar-refractivity contribution in [2.24, 2.45) is 0 Å². The summed E-state index contributed by atoms with van der Waals surface area (Å²) in [6.45, 7) is 0. The Morgan fingerprint density at radius 3 is 2.70 bits per heavy atom. The number of hydrogen-bond acceptors (Lipinski definition) is 3. The molecule has 6 heteroatoms. The van der Waals surface area contributed by atoms with E-state index >= 15 is 0 Å². The fourth-order valence-electron chi connectivity index (χ4n) is 2.34. The Kier molecular flexibility index (Phi) is 4.79. The number of aliphatic hydroxyl groups excluding tert-OH is 1. The average Bonchev–Trinajstić information content (AvgIpc) is 2.41. The first-order valence-electron chi connectivity index (χ1n) is 6.67. The molecule has 1 fully saturated rings. The lowest BCUT2D eigenvalue weighted by Crippen LogP contribution is -2.40. The van der Waals surface area contributed by atoms with Crippen molar-refractivity contribution in [1.82, 2.24) is 5.32 Å². The number of nitrogens with one attached hydrogen (secondary N) is 2. The third kappa shape index (κ3) is 3.84. The highest BCUT2D eigenvalue weighted by Crippen LogP contribution is 2.25. The molecule has 0 saturated heterocycles. The molecule has 5 nitrogen and oxygen atoms in total. The normalized spacial score (nSPS) is 22.1. The standard InChI is InChI=1S/C14H19FN2O3/c1-20-13-7-2-9(15)8-12(13)17-14(19)16-10-3-5-11(18)6-4-10/h2,7-8,10-11,18H,3-6H2,1H3,(H2,16,17,19). The van der Waals surface area contributed by atoms with Gasteiger partial charge in [-0.3, -0.25) is 0 Å². The minimum atomic E-state index is -0.443. The highest BCUT2D eigenvalue weighted by molar-refractivity contribution is 5.91. The second-order valence-electron chi connectivity index (χ2n) is 4.95. The summed E-state index contributed by atoms with van der Waals surface area (Å²) in [4.78, 5) is 11.9. The van der Waals surface area contributed by atoms with Crippen molar-refractivity contribution >= 4 is 11.7 Å². The predicted octanol–water partition coefficient (Wildman–Crippen LogP) is 2.26. The Balaban J connectivity index is 1.92. The molecular weight excluding hydrogens is 263 g/mol. The van der Waals surface area contributed by atoms with Crippen molar-refractivity contribution in [3.8, 4) is 5.75 Å². The molecule has 1 aromatic carbocycles. The molecule has 1 aliphatic rings. The maximum absolute atomic E-state index is 13.2. The van der Waals surface area contributed by atoms with Gasteiger partial charge in [0.1, 0.15) is 11.6 Å². The number of ether oxygens (including phenoxy) is 1. The summed E-state index contributed by atoms with van der Waals surface area (Å²) in [5, 5.41) is 14.8. The molecule has 0 aliphatic heterocycles. The first-order chi connectivity index (χ1) is 9.58. The quantitative estimate of drug-likeness (QED) is 0.796. The van der Waals surface area contributed by atoms with Crippen LogP contribution in [0.2, 0.25) is 0 Å². The van der Waals surface area contributed by atoms with Crippen molar-refractivity contribution in [3.63, 3.8) is 0 Å². The predicted molar refractivity (Wildman–Crippen MR) is 73.4 cm³/mol. The number of carbonyl (C=O) groups is 1. The van der Waals surface area contributed by atoms with Gasteiger partial charge in [-0.25, -0.2) is 9.18 Å². The number of carbonyl (C=O) groups excluding carboxylic acids is 1. The van der Waals surface area contributed by atoms with Crippen LogP contribution in [-0.4, -0.2) is 30.4 Å². The van der Waals surface area contributed by atoms with Gasteiger partial charge in [-0.2, -0.15) is 0 Å². The molecule has 1 saturated carbocycles. The van der Waals surface area contributed by atoms with E-state index < -0.39 is 11.8 Å². The van der Waals surface area contributed by atoms with Crippen molar-refractivity contribution in [2.45, 2.75) is 37.8 Å². The highest BCUT2D eigenvalue weighted by Gasteiger charge is 2.21. The monoisotopic (exact) mass is 282 g/mol. The number of urea groups is 1. The largest absolute Gasteiger partial charge is 0.495 e. The second-order valence-corrected chi connectivity index (χ2v) is 4.95. The van der Waals surface area contributed by atoms with Crippen LogP contribution in [-0.2, 0) is 0 Å². The van der Waals surface area contributed by atoms with E-state index in [1.807, 2.05) is 0 Å². The summed E-state index contributed by atoms with van der Waals surface area (Å²) in [6, 6.07) is 3.59. The summed E-state index contributed by atoms with van der Waals surface area (Å²) in [5.41, 5.74) is 0.292. The Hall–Kier alpha value is -1.82. The van der Waals surface area contributed by atoms with E-state index in [0.29, 0.717) is 24.3 Å². The van der Waals surface area contributed by atoms with Gasteiger partial charge in [0, 0.05) is 12.1 Å².